The third-order valence-electron chi connectivity index (χ3n) is 4.52. The van der Waals surface area contributed by atoms with E-state index in [4.69, 9.17) is 10.4 Å². The molecule has 0 aromatic heterocycles. The van der Waals surface area contributed by atoms with Crippen LogP contribution in [-0.2, 0) is 10.0 Å². The van der Waals surface area contributed by atoms with Gasteiger partial charge in [0.15, 0.2) is 0 Å². The first-order valence-electron chi connectivity index (χ1n) is 7.48. The zero-order valence-electron chi connectivity index (χ0n) is 12.3. The van der Waals surface area contributed by atoms with E-state index >= 15 is 0 Å². The number of nitrogens with two attached hydrogens (primary N) is 1. The summed E-state index contributed by atoms with van der Waals surface area (Å²) in [4.78, 5) is 0.0448. The van der Waals surface area contributed by atoms with Gasteiger partial charge in [0.2, 0.25) is 10.0 Å². The van der Waals surface area contributed by atoms with Crippen molar-refractivity contribution in [3.05, 3.63) is 34.9 Å². The second kappa shape index (κ2) is 5.75. The third-order valence-corrected chi connectivity index (χ3v) is 5.49. The van der Waals surface area contributed by atoms with Crippen LogP contribution >= 0.6 is 0 Å². The highest BCUT2D eigenvalue weighted by molar-refractivity contribution is 7.89. The smallest absolute Gasteiger partial charge is 0.240 e. The summed E-state index contributed by atoms with van der Waals surface area (Å²) in [6.07, 6.45) is 6.04. The van der Waals surface area contributed by atoms with Crippen LogP contribution in [0, 0.1) is 17.2 Å². The largest absolute Gasteiger partial charge is 0.384 e. The second-order valence-corrected chi connectivity index (χ2v) is 7.61. The molecule has 22 heavy (non-hydrogen) atoms. The molecule has 0 bridgehead atoms. The van der Waals surface area contributed by atoms with Crippen molar-refractivity contribution >= 4 is 15.7 Å². The van der Waals surface area contributed by atoms with E-state index in [1.807, 2.05) is 6.07 Å². The molecule has 0 aliphatic heterocycles. The molecule has 2 saturated carbocycles. The molecule has 0 heterocycles. The summed E-state index contributed by atoms with van der Waals surface area (Å²) in [6, 6.07) is 6.41. The van der Waals surface area contributed by atoms with Gasteiger partial charge in [0.1, 0.15) is 4.90 Å². The quantitative estimate of drug-likeness (QED) is 0.834. The van der Waals surface area contributed by atoms with Gasteiger partial charge in [-0.05, 0) is 56.2 Å². The van der Waals surface area contributed by atoms with E-state index in [1.54, 1.807) is 17.2 Å². The van der Waals surface area contributed by atoms with Crippen LogP contribution in [0.3, 0.4) is 0 Å². The SMILES string of the molecule is N#Cc1ccc(S(N)(=O)=O)c(NCC2CC(=C3CCC3)C2)c1. The van der Waals surface area contributed by atoms with Gasteiger partial charge >= 0.3 is 0 Å². The molecule has 3 N–H and O–H groups in total. The summed E-state index contributed by atoms with van der Waals surface area (Å²) in [6.45, 7) is 0.703. The monoisotopic (exact) mass is 317 g/mol. The molecule has 0 unspecified atom stereocenters. The highest BCUT2D eigenvalue weighted by Crippen LogP contribution is 2.42. The topological polar surface area (TPSA) is 96.0 Å². The maximum atomic E-state index is 11.6. The molecule has 0 radical (unpaired) electrons. The van der Waals surface area contributed by atoms with Crippen LogP contribution in [-0.4, -0.2) is 15.0 Å². The van der Waals surface area contributed by atoms with Crippen LogP contribution in [0.2, 0.25) is 0 Å². The van der Waals surface area contributed by atoms with Crippen molar-refractivity contribution in [3.63, 3.8) is 0 Å². The first kappa shape index (κ1) is 15.1. The highest BCUT2D eigenvalue weighted by Gasteiger charge is 2.28. The lowest BCUT2D eigenvalue weighted by Gasteiger charge is -2.35. The molecular weight excluding hydrogens is 298 g/mol. The van der Waals surface area contributed by atoms with Gasteiger partial charge in [-0.2, -0.15) is 5.26 Å². The molecule has 5 nitrogen and oxygen atoms in total. The number of nitrogens with one attached hydrogen (secondary N) is 1. The Kier molecular flexibility index (Phi) is 3.94. The number of nitriles is 1. The maximum absolute atomic E-state index is 11.6. The normalized spacial score (nSPS) is 20.8. The summed E-state index contributed by atoms with van der Waals surface area (Å²) < 4.78 is 23.2. The van der Waals surface area contributed by atoms with Gasteiger partial charge in [-0.25, -0.2) is 13.6 Å². The number of hydrogen-bond donors (Lipinski definition) is 2. The maximum Gasteiger partial charge on any atom is 0.240 e. The minimum atomic E-state index is -3.80. The summed E-state index contributed by atoms with van der Waals surface area (Å²) in [5.74, 6) is 0.530. The van der Waals surface area contributed by atoms with E-state index in [0.717, 1.165) is 12.8 Å². The van der Waals surface area contributed by atoms with Crippen molar-refractivity contribution in [2.75, 3.05) is 11.9 Å². The van der Waals surface area contributed by atoms with Crippen molar-refractivity contribution in [2.45, 2.75) is 37.0 Å². The van der Waals surface area contributed by atoms with Gasteiger partial charge in [-0.3, -0.25) is 0 Å². The lowest BCUT2D eigenvalue weighted by atomic mass is 9.73. The molecular formula is C16H19N3O2S. The average Bonchev–Trinajstić information content (AvgIpc) is 2.37. The van der Waals surface area contributed by atoms with Gasteiger partial charge in [0.05, 0.1) is 17.3 Å². The fraction of sp³-hybridized carbons (Fsp3) is 0.438. The minimum absolute atomic E-state index is 0.0448. The Bertz CT molecular complexity index is 761. The molecule has 1 aromatic rings. The summed E-state index contributed by atoms with van der Waals surface area (Å²) >= 11 is 0. The standard InChI is InChI=1S/C16H19N3O2S/c17-9-11-4-5-16(22(18,20)21)15(8-11)19-10-12-6-14(7-12)13-2-1-3-13/h4-5,8,12,19H,1-3,6-7,10H2,(H2,18,20,21). The van der Waals surface area contributed by atoms with E-state index in [9.17, 15) is 8.42 Å². The number of rotatable bonds is 4. The van der Waals surface area contributed by atoms with Gasteiger partial charge in [-0.15, -0.1) is 0 Å². The van der Waals surface area contributed by atoms with Crippen LogP contribution in [0.5, 0.6) is 0 Å². The number of anilines is 1. The average molecular weight is 317 g/mol. The van der Waals surface area contributed by atoms with Crippen LogP contribution in [0.25, 0.3) is 0 Å². The summed E-state index contributed by atoms with van der Waals surface area (Å²) in [5, 5.41) is 17.3. The zero-order chi connectivity index (χ0) is 15.7. The van der Waals surface area contributed by atoms with E-state index in [1.165, 1.54) is 31.4 Å². The predicted molar refractivity (Wildman–Crippen MR) is 84.6 cm³/mol. The first-order chi connectivity index (χ1) is 10.5. The summed E-state index contributed by atoms with van der Waals surface area (Å²) in [5.41, 5.74) is 4.07. The van der Waals surface area contributed by atoms with Gasteiger partial charge in [-0.1, -0.05) is 11.1 Å². The van der Waals surface area contributed by atoms with Crippen LogP contribution < -0.4 is 10.5 Å². The first-order valence-corrected chi connectivity index (χ1v) is 9.02. The van der Waals surface area contributed by atoms with Crippen molar-refractivity contribution in [3.8, 4) is 6.07 Å². The number of nitrogens with zero attached hydrogens (tertiary/aromatic N) is 1. The molecule has 116 valence electrons. The molecule has 2 aliphatic carbocycles. The number of hydrogen-bond acceptors (Lipinski definition) is 4. The Morgan fingerprint density at radius 2 is 2.00 bits per heavy atom. The number of allylic oxidation sites excluding steroid dienone is 2. The lowest BCUT2D eigenvalue weighted by molar-refractivity contribution is 0.420. The zero-order valence-corrected chi connectivity index (χ0v) is 13.1. The van der Waals surface area contributed by atoms with E-state index in [0.29, 0.717) is 23.7 Å². The van der Waals surface area contributed by atoms with Gasteiger partial charge in [0.25, 0.3) is 0 Å². The van der Waals surface area contributed by atoms with Crippen molar-refractivity contribution in [2.24, 2.45) is 11.1 Å². The van der Waals surface area contributed by atoms with E-state index in [2.05, 4.69) is 5.32 Å². The minimum Gasteiger partial charge on any atom is -0.384 e. The number of benzene rings is 1. The van der Waals surface area contributed by atoms with E-state index < -0.39 is 10.0 Å². The van der Waals surface area contributed by atoms with Crippen LogP contribution in [0.4, 0.5) is 5.69 Å². The molecule has 0 spiro atoms. The van der Waals surface area contributed by atoms with Gasteiger partial charge < -0.3 is 5.32 Å². The lowest BCUT2D eigenvalue weighted by Crippen LogP contribution is -2.26. The Morgan fingerprint density at radius 3 is 2.55 bits per heavy atom. The third kappa shape index (κ3) is 3.01. The fourth-order valence-electron chi connectivity index (χ4n) is 3.02. The van der Waals surface area contributed by atoms with Crippen LogP contribution in [0.1, 0.15) is 37.7 Å². The van der Waals surface area contributed by atoms with Gasteiger partial charge in [0, 0.05) is 6.54 Å². The van der Waals surface area contributed by atoms with Crippen molar-refractivity contribution < 1.29 is 8.42 Å². The van der Waals surface area contributed by atoms with Crippen molar-refractivity contribution in [1.29, 1.82) is 5.26 Å². The summed E-state index contributed by atoms with van der Waals surface area (Å²) in [7, 11) is -3.80. The Labute approximate surface area is 130 Å². The Balaban J connectivity index is 1.68. The highest BCUT2D eigenvalue weighted by atomic mass is 32.2. The molecule has 1 aromatic carbocycles. The Hall–Kier alpha value is -1.84. The molecule has 0 amide bonds. The van der Waals surface area contributed by atoms with Crippen molar-refractivity contribution in [1.82, 2.24) is 0 Å². The Morgan fingerprint density at radius 1 is 1.27 bits per heavy atom. The van der Waals surface area contributed by atoms with Crippen LogP contribution in [0.15, 0.2) is 34.2 Å². The molecule has 0 atom stereocenters. The number of sulfonamides is 1. The molecule has 2 fully saturated rings. The second-order valence-electron chi connectivity index (χ2n) is 6.08. The fourth-order valence-corrected chi connectivity index (χ4v) is 3.71. The molecule has 2 aliphatic rings. The molecule has 3 rings (SSSR count). The van der Waals surface area contributed by atoms with E-state index in [-0.39, 0.29) is 4.90 Å². The molecule has 0 saturated heterocycles. The molecule has 6 heteroatoms. The number of primary sulfonamides is 1. The predicted octanol–water partition coefficient (Wildman–Crippen LogP) is 2.51.